The molecule has 110 valence electrons. The molecule has 2 aliphatic heterocycles. The Hall–Kier alpha value is -0.520. The van der Waals surface area contributed by atoms with Crippen molar-refractivity contribution in [1.82, 2.24) is 14.9 Å². The maximum absolute atomic E-state index is 6.44. The number of hydrogen-bond acceptors (Lipinski definition) is 5. The Morgan fingerprint density at radius 3 is 3.05 bits per heavy atom. The van der Waals surface area contributed by atoms with Crippen LogP contribution in [0.1, 0.15) is 38.2 Å². The number of nitrogens with zero attached hydrogens (tertiary/aromatic N) is 3. The first-order valence-electron chi connectivity index (χ1n) is 7.27. The first-order valence-corrected chi connectivity index (χ1v) is 8.53. The fourth-order valence-electron chi connectivity index (χ4n) is 2.88. The molecule has 0 aliphatic carbocycles. The highest BCUT2D eigenvalue weighted by molar-refractivity contribution is 8.00. The number of aromatic nitrogens is 2. The van der Waals surface area contributed by atoms with Crippen LogP contribution < -0.4 is 5.32 Å². The van der Waals surface area contributed by atoms with E-state index in [1.54, 1.807) is 0 Å². The van der Waals surface area contributed by atoms with Gasteiger partial charge in [0, 0.05) is 29.3 Å². The van der Waals surface area contributed by atoms with Crippen LogP contribution in [0.4, 0.5) is 5.95 Å². The molecule has 6 heteroatoms. The van der Waals surface area contributed by atoms with Gasteiger partial charge in [-0.25, -0.2) is 9.97 Å². The van der Waals surface area contributed by atoms with Crippen LogP contribution in [0.2, 0.25) is 5.15 Å². The van der Waals surface area contributed by atoms with E-state index in [1.165, 1.54) is 5.56 Å². The second-order valence-corrected chi connectivity index (χ2v) is 7.41. The van der Waals surface area contributed by atoms with Crippen LogP contribution in [0.5, 0.6) is 0 Å². The maximum Gasteiger partial charge on any atom is 0.225 e. The molecule has 2 aliphatic rings. The van der Waals surface area contributed by atoms with Crippen LogP contribution in [0.15, 0.2) is 5.03 Å². The van der Waals surface area contributed by atoms with Crippen molar-refractivity contribution in [3.8, 4) is 0 Å². The monoisotopic (exact) mass is 312 g/mol. The van der Waals surface area contributed by atoms with Crippen LogP contribution in [0.25, 0.3) is 0 Å². The van der Waals surface area contributed by atoms with E-state index >= 15 is 0 Å². The van der Waals surface area contributed by atoms with Gasteiger partial charge in [0.05, 0.1) is 0 Å². The van der Waals surface area contributed by atoms with E-state index in [4.69, 9.17) is 11.6 Å². The molecule has 0 saturated carbocycles. The summed E-state index contributed by atoms with van der Waals surface area (Å²) in [5, 5.41) is 5.63. The average molecular weight is 313 g/mol. The van der Waals surface area contributed by atoms with Crippen molar-refractivity contribution in [2.45, 2.75) is 48.9 Å². The number of likely N-dealkylation sites (tertiary alicyclic amines) is 1. The first kappa shape index (κ1) is 14.4. The summed E-state index contributed by atoms with van der Waals surface area (Å²) in [7, 11) is 2.18. The summed E-state index contributed by atoms with van der Waals surface area (Å²) in [6.07, 6.45) is 2.20. The van der Waals surface area contributed by atoms with Gasteiger partial charge in [-0.15, -0.1) is 11.8 Å². The lowest BCUT2D eigenvalue weighted by Crippen LogP contribution is -2.36. The van der Waals surface area contributed by atoms with Crippen molar-refractivity contribution in [2.24, 2.45) is 0 Å². The van der Waals surface area contributed by atoms with E-state index in [1.807, 2.05) is 11.8 Å². The molecule has 1 fully saturated rings. The molecule has 1 N–H and O–H groups in total. The van der Waals surface area contributed by atoms with Crippen molar-refractivity contribution in [3.05, 3.63) is 10.7 Å². The summed E-state index contributed by atoms with van der Waals surface area (Å²) < 4.78 is 0. The van der Waals surface area contributed by atoms with Crippen LogP contribution in [-0.2, 0) is 0 Å². The summed E-state index contributed by atoms with van der Waals surface area (Å²) in [5.74, 6) is 1.19. The Morgan fingerprint density at radius 2 is 2.30 bits per heavy atom. The van der Waals surface area contributed by atoms with E-state index in [0.717, 1.165) is 31.0 Å². The third-order valence-electron chi connectivity index (χ3n) is 4.25. The Kier molecular flexibility index (Phi) is 4.11. The topological polar surface area (TPSA) is 41.1 Å². The van der Waals surface area contributed by atoms with Gasteiger partial charge in [0.2, 0.25) is 5.95 Å². The summed E-state index contributed by atoms with van der Waals surface area (Å²) in [5.41, 5.74) is 1.18. The van der Waals surface area contributed by atoms with E-state index in [2.05, 4.69) is 41.1 Å². The molecule has 1 aromatic heterocycles. The predicted octanol–water partition coefficient (Wildman–Crippen LogP) is 3.23. The lowest BCUT2D eigenvalue weighted by molar-refractivity contribution is 0.264. The zero-order chi connectivity index (χ0) is 14.3. The quantitative estimate of drug-likeness (QED) is 0.868. The summed E-state index contributed by atoms with van der Waals surface area (Å²) in [6.45, 7) is 6.51. The number of hydrogen-bond donors (Lipinski definition) is 1. The molecule has 3 rings (SSSR count). The Bertz CT molecular complexity index is 510. The van der Waals surface area contributed by atoms with Crippen LogP contribution in [0.3, 0.4) is 0 Å². The minimum Gasteiger partial charge on any atom is -0.352 e. The molecule has 0 aromatic carbocycles. The van der Waals surface area contributed by atoms with Gasteiger partial charge in [-0.05, 0) is 33.4 Å². The number of fused-ring (bicyclic) bond motifs is 3. The van der Waals surface area contributed by atoms with Crippen molar-refractivity contribution < 1.29 is 0 Å². The second-order valence-electron chi connectivity index (χ2n) is 5.82. The number of halogens is 1. The van der Waals surface area contributed by atoms with E-state index in [9.17, 15) is 0 Å². The lowest BCUT2D eigenvalue weighted by atomic mass is 9.91. The molecule has 4 nitrogen and oxygen atoms in total. The minimum absolute atomic E-state index is 0.365. The SMILES string of the molecule is CCC(C)Nc1nc(Cl)c2c(n1)SC1CN(C)CCC21. The first-order chi connectivity index (χ1) is 9.58. The van der Waals surface area contributed by atoms with E-state index in [0.29, 0.717) is 28.3 Å². The molecule has 0 radical (unpaired) electrons. The molecule has 3 unspecified atom stereocenters. The molecule has 0 spiro atoms. The molecule has 0 bridgehead atoms. The van der Waals surface area contributed by atoms with E-state index in [-0.39, 0.29) is 0 Å². The molecule has 1 aromatic rings. The van der Waals surface area contributed by atoms with Gasteiger partial charge in [-0.2, -0.15) is 0 Å². The van der Waals surface area contributed by atoms with Gasteiger partial charge in [-0.1, -0.05) is 18.5 Å². The van der Waals surface area contributed by atoms with Gasteiger partial charge in [-0.3, -0.25) is 0 Å². The number of nitrogens with one attached hydrogen (secondary N) is 1. The molecule has 3 atom stereocenters. The van der Waals surface area contributed by atoms with Crippen LogP contribution >= 0.6 is 23.4 Å². The zero-order valence-corrected chi connectivity index (χ0v) is 13.8. The van der Waals surface area contributed by atoms with Gasteiger partial charge in [0.15, 0.2) is 0 Å². The molecule has 20 heavy (non-hydrogen) atoms. The summed E-state index contributed by atoms with van der Waals surface area (Å²) >= 11 is 8.31. The lowest BCUT2D eigenvalue weighted by Gasteiger charge is -2.31. The highest BCUT2D eigenvalue weighted by atomic mass is 35.5. The van der Waals surface area contributed by atoms with Crippen molar-refractivity contribution in [3.63, 3.8) is 0 Å². The number of rotatable bonds is 3. The van der Waals surface area contributed by atoms with Crippen molar-refractivity contribution >= 4 is 29.3 Å². The van der Waals surface area contributed by atoms with E-state index < -0.39 is 0 Å². The van der Waals surface area contributed by atoms with Crippen molar-refractivity contribution in [1.29, 1.82) is 0 Å². The third-order valence-corrected chi connectivity index (χ3v) is 5.85. The zero-order valence-electron chi connectivity index (χ0n) is 12.2. The fourth-order valence-corrected chi connectivity index (χ4v) is 4.81. The van der Waals surface area contributed by atoms with Crippen LogP contribution in [-0.4, -0.2) is 46.3 Å². The van der Waals surface area contributed by atoms with Gasteiger partial charge in [0.1, 0.15) is 10.2 Å². The Morgan fingerprint density at radius 1 is 1.50 bits per heavy atom. The molecule has 1 saturated heterocycles. The number of thioether (sulfide) groups is 1. The summed E-state index contributed by atoms with van der Waals surface area (Å²) in [4.78, 5) is 11.5. The Labute approximate surface area is 129 Å². The highest BCUT2D eigenvalue weighted by Crippen LogP contribution is 2.50. The number of piperidine rings is 1. The van der Waals surface area contributed by atoms with Gasteiger partial charge < -0.3 is 10.2 Å². The van der Waals surface area contributed by atoms with Gasteiger partial charge >= 0.3 is 0 Å². The highest BCUT2D eigenvalue weighted by Gasteiger charge is 2.40. The minimum atomic E-state index is 0.365. The maximum atomic E-state index is 6.44. The summed E-state index contributed by atoms with van der Waals surface area (Å²) in [6, 6.07) is 0.365. The second kappa shape index (κ2) is 5.70. The normalized spacial score (nSPS) is 27.0. The molecule has 0 amide bonds. The fraction of sp³-hybridized carbons (Fsp3) is 0.714. The average Bonchev–Trinajstić information content (AvgIpc) is 2.75. The van der Waals surface area contributed by atoms with Gasteiger partial charge in [0.25, 0.3) is 0 Å². The molecular formula is C14H21ClN4S. The largest absolute Gasteiger partial charge is 0.352 e. The van der Waals surface area contributed by atoms with Crippen LogP contribution in [0, 0.1) is 0 Å². The number of anilines is 1. The molecule has 3 heterocycles. The smallest absolute Gasteiger partial charge is 0.225 e. The standard InChI is InChI=1S/C14H21ClN4S/c1-4-8(2)16-14-17-12(15)11-9-5-6-19(3)7-10(9)20-13(11)18-14/h8-10H,4-7H2,1-3H3,(H,16,17,18). The predicted molar refractivity (Wildman–Crippen MR) is 84.9 cm³/mol. The Balaban J connectivity index is 1.87. The molecular weight excluding hydrogens is 292 g/mol. The third kappa shape index (κ3) is 2.63. The van der Waals surface area contributed by atoms with Crippen molar-refractivity contribution in [2.75, 3.05) is 25.5 Å².